The van der Waals surface area contributed by atoms with Gasteiger partial charge >= 0.3 is 12.0 Å². The first kappa shape index (κ1) is 24.7. The van der Waals surface area contributed by atoms with E-state index in [2.05, 4.69) is 5.10 Å². The third-order valence-corrected chi connectivity index (χ3v) is 5.65. The predicted molar refractivity (Wildman–Crippen MR) is 127 cm³/mol. The van der Waals surface area contributed by atoms with Gasteiger partial charge in [0.15, 0.2) is 6.61 Å². The van der Waals surface area contributed by atoms with Gasteiger partial charge in [-0.2, -0.15) is 9.78 Å². The van der Waals surface area contributed by atoms with Gasteiger partial charge in [-0.15, -0.1) is 0 Å². The van der Waals surface area contributed by atoms with Gasteiger partial charge in [-0.1, -0.05) is 12.1 Å². The number of likely N-dealkylation sites (N-methyl/N-ethyl adjacent to an activating group) is 1. The van der Waals surface area contributed by atoms with Gasteiger partial charge in [0.2, 0.25) is 5.91 Å². The minimum absolute atomic E-state index is 0.0505. The summed E-state index contributed by atoms with van der Waals surface area (Å²) in [5, 5.41) is 4.27. The molecule has 1 aliphatic rings. The lowest BCUT2D eigenvalue weighted by atomic mass is 9.97. The standard InChI is InChI=1S/C25H25FN4O6/c1-3-34-22(31)14-35-18-7-8-21-20(11-18)29(2)24(32)19(13-36-21)23-16(12-30(28-23)25(27)33)9-15-5-4-6-17(26)10-15/h4-8,10-12,19H,3,9,13-14H2,1-2H3,(H2,27,33)/t19-/m1/s1. The van der Waals surface area contributed by atoms with Crippen molar-refractivity contribution in [2.24, 2.45) is 5.73 Å². The zero-order chi connectivity index (χ0) is 25.8. The zero-order valence-electron chi connectivity index (χ0n) is 19.8. The number of esters is 1. The first-order chi connectivity index (χ1) is 17.3. The lowest BCUT2D eigenvalue weighted by Gasteiger charge is -2.20. The first-order valence-corrected chi connectivity index (χ1v) is 11.2. The van der Waals surface area contributed by atoms with Crippen LogP contribution in [0.15, 0.2) is 48.7 Å². The number of fused-ring (bicyclic) bond motifs is 1. The van der Waals surface area contributed by atoms with E-state index < -0.39 is 23.7 Å². The summed E-state index contributed by atoms with van der Waals surface area (Å²) in [5.74, 6) is -1.33. The summed E-state index contributed by atoms with van der Waals surface area (Å²) in [7, 11) is 1.58. The van der Waals surface area contributed by atoms with Crippen molar-refractivity contribution in [2.45, 2.75) is 19.3 Å². The SMILES string of the molecule is CCOC(=O)COc1ccc2c(c1)N(C)C(=O)[C@@H](c1nn(C(N)=O)cc1Cc1cccc(F)c1)CO2. The normalized spacial score (nSPS) is 15.0. The van der Waals surface area contributed by atoms with E-state index in [1.165, 1.54) is 23.2 Å². The molecule has 11 heteroatoms. The number of amides is 2. The fourth-order valence-corrected chi connectivity index (χ4v) is 3.94. The second kappa shape index (κ2) is 10.5. The zero-order valence-corrected chi connectivity index (χ0v) is 19.8. The fourth-order valence-electron chi connectivity index (χ4n) is 3.94. The molecule has 1 atom stereocenters. The summed E-state index contributed by atoms with van der Waals surface area (Å²) in [5.41, 5.74) is 7.34. The molecule has 2 aromatic carbocycles. The summed E-state index contributed by atoms with van der Waals surface area (Å²) in [4.78, 5) is 38.4. The number of anilines is 1. The van der Waals surface area contributed by atoms with Crippen LogP contribution in [0.4, 0.5) is 14.9 Å². The molecular formula is C25H25FN4O6. The number of rotatable bonds is 7. The van der Waals surface area contributed by atoms with Crippen LogP contribution in [0.1, 0.15) is 29.7 Å². The lowest BCUT2D eigenvalue weighted by molar-refractivity contribution is -0.145. The second-order valence-electron chi connectivity index (χ2n) is 8.11. The molecule has 188 valence electrons. The quantitative estimate of drug-likeness (QED) is 0.498. The average molecular weight is 496 g/mol. The van der Waals surface area contributed by atoms with Crippen LogP contribution in [0.25, 0.3) is 0 Å². The number of halogens is 1. The van der Waals surface area contributed by atoms with Crippen molar-refractivity contribution in [1.29, 1.82) is 0 Å². The molecule has 2 amide bonds. The molecular weight excluding hydrogens is 471 g/mol. The van der Waals surface area contributed by atoms with Crippen LogP contribution >= 0.6 is 0 Å². The molecule has 0 unspecified atom stereocenters. The number of aromatic nitrogens is 2. The Balaban J connectivity index is 1.62. The number of benzene rings is 2. The van der Waals surface area contributed by atoms with Crippen LogP contribution in [-0.2, 0) is 20.7 Å². The third kappa shape index (κ3) is 5.29. The maximum Gasteiger partial charge on any atom is 0.344 e. The van der Waals surface area contributed by atoms with E-state index in [0.717, 1.165) is 4.68 Å². The van der Waals surface area contributed by atoms with Crippen molar-refractivity contribution in [1.82, 2.24) is 9.78 Å². The molecule has 0 spiro atoms. The van der Waals surface area contributed by atoms with Crippen LogP contribution in [0.3, 0.4) is 0 Å². The van der Waals surface area contributed by atoms with Gasteiger partial charge < -0.3 is 24.8 Å². The predicted octanol–water partition coefficient (Wildman–Crippen LogP) is 2.62. The van der Waals surface area contributed by atoms with E-state index in [0.29, 0.717) is 34.0 Å². The van der Waals surface area contributed by atoms with Crippen LogP contribution < -0.4 is 20.1 Å². The monoisotopic (exact) mass is 496 g/mol. The molecule has 0 aliphatic carbocycles. The van der Waals surface area contributed by atoms with E-state index in [9.17, 15) is 18.8 Å². The molecule has 0 fully saturated rings. The van der Waals surface area contributed by atoms with Gasteiger partial charge in [-0.25, -0.2) is 14.0 Å². The van der Waals surface area contributed by atoms with Crippen molar-refractivity contribution in [3.8, 4) is 11.5 Å². The molecule has 2 N–H and O–H groups in total. The summed E-state index contributed by atoms with van der Waals surface area (Å²) in [6.45, 7) is 1.61. The number of hydrogen-bond donors (Lipinski definition) is 1. The molecule has 4 rings (SSSR count). The van der Waals surface area contributed by atoms with E-state index in [1.807, 2.05) is 0 Å². The largest absolute Gasteiger partial charge is 0.490 e. The van der Waals surface area contributed by atoms with E-state index in [4.69, 9.17) is 19.9 Å². The molecule has 36 heavy (non-hydrogen) atoms. The molecule has 0 saturated heterocycles. The highest BCUT2D eigenvalue weighted by molar-refractivity contribution is 6.00. The van der Waals surface area contributed by atoms with Crippen molar-refractivity contribution >= 4 is 23.6 Å². The van der Waals surface area contributed by atoms with Crippen molar-refractivity contribution in [3.63, 3.8) is 0 Å². The number of hydrogen-bond acceptors (Lipinski definition) is 7. The molecule has 1 aromatic heterocycles. The van der Waals surface area contributed by atoms with Gasteiger partial charge in [0.1, 0.15) is 29.8 Å². The average Bonchev–Trinajstić information content (AvgIpc) is 3.21. The van der Waals surface area contributed by atoms with E-state index >= 15 is 0 Å². The van der Waals surface area contributed by atoms with Crippen molar-refractivity contribution in [3.05, 3.63) is 71.3 Å². The molecule has 1 aliphatic heterocycles. The summed E-state index contributed by atoms with van der Waals surface area (Å²) < 4.78 is 31.0. The van der Waals surface area contributed by atoms with E-state index in [-0.39, 0.29) is 32.1 Å². The van der Waals surface area contributed by atoms with Gasteiger partial charge in [0, 0.05) is 25.7 Å². The Bertz CT molecular complexity index is 1310. The Labute approximate surface area is 206 Å². The molecule has 0 saturated carbocycles. The number of nitrogens with two attached hydrogens (primary N) is 1. The lowest BCUT2D eigenvalue weighted by Crippen LogP contribution is -2.33. The third-order valence-electron chi connectivity index (χ3n) is 5.65. The van der Waals surface area contributed by atoms with Gasteiger partial charge in [0.25, 0.3) is 0 Å². The maximum atomic E-state index is 13.7. The molecule has 10 nitrogen and oxygen atoms in total. The minimum atomic E-state index is -0.865. The Morgan fingerprint density at radius 1 is 1.25 bits per heavy atom. The number of carbonyl (C=O) groups is 3. The Hall–Kier alpha value is -4.41. The van der Waals surface area contributed by atoms with Gasteiger partial charge in [-0.05, 0) is 42.3 Å². The summed E-state index contributed by atoms with van der Waals surface area (Å²) in [6, 6.07) is 10.0. The molecule has 3 aromatic rings. The highest BCUT2D eigenvalue weighted by Gasteiger charge is 2.34. The topological polar surface area (TPSA) is 126 Å². The van der Waals surface area contributed by atoms with Crippen LogP contribution in [-0.4, -0.2) is 54.6 Å². The molecule has 0 bridgehead atoms. The maximum absolute atomic E-state index is 13.7. The Morgan fingerprint density at radius 3 is 2.78 bits per heavy atom. The minimum Gasteiger partial charge on any atom is -0.490 e. The Morgan fingerprint density at radius 2 is 2.06 bits per heavy atom. The van der Waals surface area contributed by atoms with Crippen molar-refractivity contribution in [2.75, 3.05) is 31.8 Å². The van der Waals surface area contributed by atoms with Gasteiger partial charge in [-0.3, -0.25) is 4.79 Å². The number of ether oxygens (including phenoxy) is 3. The molecule has 2 heterocycles. The van der Waals surface area contributed by atoms with E-state index in [1.54, 1.807) is 44.3 Å². The highest BCUT2D eigenvalue weighted by atomic mass is 19.1. The fraction of sp³-hybridized carbons (Fsp3) is 0.280. The van der Waals surface area contributed by atoms with Crippen LogP contribution in [0, 0.1) is 5.82 Å². The number of primary amides is 1. The van der Waals surface area contributed by atoms with Crippen LogP contribution in [0.2, 0.25) is 0 Å². The smallest absolute Gasteiger partial charge is 0.344 e. The first-order valence-electron chi connectivity index (χ1n) is 11.2. The highest BCUT2D eigenvalue weighted by Crippen LogP contribution is 2.37. The summed E-state index contributed by atoms with van der Waals surface area (Å²) in [6.07, 6.45) is 1.67. The Kier molecular flexibility index (Phi) is 7.18. The number of nitrogens with zero attached hydrogens (tertiary/aromatic N) is 3. The molecule has 0 radical (unpaired) electrons. The second-order valence-corrected chi connectivity index (χ2v) is 8.11. The summed E-state index contributed by atoms with van der Waals surface area (Å²) >= 11 is 0. The van der Waals surface area contributed by atoms with Crippen LogP contribution in [0.5, 0.6) is 11.5 Å². The number of carbonyl (C=O) groups excluding carboxylic acids is 3. The van der Waals surface area contributed by atoms with Crippen molar-refractivity contribution < 1.29 is 33.0 Å². The van der Waals surface area contributed by atoms with Gasteiger partial charge in [0.05, 0.1) is 18.0 Å².